The topological polar surface area (TPSA) is 57.4 Å². The van der Waals surface area contributed by atoms with Gasteiger partial charge < -0.3 is 13.9 Å². The lowest BCUT2D eigenvalue weighted by Gasteiger charge is -2.04. The van der Waals surface area contributed by atoms with Crippen LogP contribution in [-0.4, -0.2) is 29.2 Å². The Hall–Kier alpha value is -2.68. The molecular weight excluding hydrogens is 369 g/mol. The van der Waals surface area contributed by atoms with Gasteiger partial charge in [-0.3, -0.25) is 0 Å². The normalized spacial score (nSPS) is 10.9. The summed E-state index contributed by atoms with van der Waals surface area (Å²) in [4.78, 5) is 0. The number of alkyl halides is 2. The summed E-state index contributed by atoms with van der Waals surface area (Å²) in [6.45, 7) is -2.49. The summed E-state index contributed by atoms with van der Waals surface area (Å²) in [6.07, 6.45) is 0. The lowest BCUT2D eigenvalue weighted by molar-refractivity contribution is -0.0498. The molecule has 0 radical (unpaired) electrons. The standard InChI is InChI=1S/C17H13F3N2O3S/c18-12-3-7-13(8-4-12)23-9-10-26-17-22-21-15(25-17)11-1-5-14(6-2-11)24-16(19)20/h1-8,16H,9-10H2. The molecule has 2 aromatic carbocycles. The van der Waals surface area contributed by atoms with E-state index in [4.69, 9.17) is 9.15 Å². The molecule has 3 rings (SSSR count). The Bertz CT molecular complexity index is 826. The third-order valence-corrected chi connectivity index (χ3v) is 3.91. The van der Waals surface area contributed by atoms with Crippen LogP contribution in [0.3, 0.4) is 0 Å². The van der Waals surface area contributed by atoms with Crippen molar-refractivity contribution in [3.8, 4) is 23.0 Å². The van der Waals surface area contributed by atoms with E-state index in [0.717, 1.165) is 0 Å². The predicted octanol–water partition coefficient (Wildman–Crippen LogP) is 4.65. The van der Waals surface area contributed by atoms with Crippen molar-refractivity contribution in [1.82, 2.24) is 10.2 Å². The van der Waals surface area contributed by atoms with E-state index in [-0.39, 0.29) is 17.5 Å². The molecular formula is C17H13F3N2O3S. The van der Waals surface area contributed by atoms with Gasteiger partial charge in [-0.25, -0.2) is 4.39 Å². The summed E-state index contributed by atoms with van der Waals surface area (Å²) in [6, 6.07) is 11.6. The van der Waals surface area contributed by atoms with Gasteiger partial charge in [0.25, 0.3) is 5.22 Å². The van der Waals surface area contributed by atoms with Crippen molar-refractivity contribution in [3.05, 3.63) is 54.3 Å². The van der Waals surface area contributed by atoms with Crippen molar-refractivity contribution in [3.63, 3.8) is 0 Å². The molecule has 0 atom stereocenters. The molecule has 5 nitrogen and oxygen atoms in total. The predicted molar refractivity (Wildman–Crippen MR) is 89.0 cm³/mol. The van der Waals surface area contributed by atoms with E-state index in [1.807, 2.05) is 0 Å². The van der Waals surface area contributed by atoms with E-state index < -0.39 is 6.61 Å². The van der Waals surface area contributed by atoms with Crippen molar-refractivity contribution in [1.29, 1.82) is 0 Å². The number of hydrogen-bond donors (Lipinski definition) is 0. The van der Waals surface area contributed by atoms with Crippen LogP contribution in [0.25, 0.3) is 11.5 Å². The van der Waals surface area contributed by atoms with Crippen molar-refractivity contribution in [2.45, 2.75) is 11.8 Å². The molecule has 1 heterocycles. The highest BCUT2D eigenvalue weighted by Gasteiger charge is 2.10. The molecule has 0 aliphatic heterocycles. The Kier molecular flexibility index (Phi) is 6.00. The molecule has 0 spiro atoms. The van der Waals surface area contributed by atoms with Gasteiger partial charge in [-0.05, 0) is 48.5 Å². The number of benzene rings is 2. The van der Waals surface area contributed by atoms with Crippen LogP contribution in [-0.2, 0) is 0 Å². The molecule has 26 heavy (non-hydrogen) atoms. The zero-order valence-electron chi connectivity index (χ0n) is 13.3. The van der Waals surface area contributed by atoms with Gasteiger partial charge in [-0.15, -0.1) is 10.2 Å². The molecule has 0 fully saturated rings. The Morgan fingerprint density at radius 1 is 0.962 bits per heavy atom. The maximum Gasteiger partial charge on any atom is 0.387 e. The number of aromatic nitrogens is 2. The number of ether oxygens (including phenoxy) is 2. The first-order valence-electron chi connectivity index (χ1n) is 7.50. The molecule has 0 unspecified atom stereocenters. The first-order chi connectivity index (χ1) is 12.6. The SMILES string of the molecule is Fc1ccc(OCCSc2nnc(-c3ccc(OC(F)F)cc3)o2)cc1. The summed E-state index contributed by atoms with van der Waals surface area (Å²) >= 11 is 1.31. The summed E-state index contributed by atoms with van der Waals surface area (Å²) in [7, 11) is 0. The molecule has 3 aromatic rings. The Labute approximate surface area is 151 Å². The van der Waals surface area contributed by atoms with E-state index in [2.05, 4.69) is 14.9 Å². The van der Waals surface area contributed by atoms with Gasteiger partial charge in [0.2, 0.25) is 5.89 Å². The molecule has 0 aliphatic rings. The van der Waals surface area contributed by atoms with E-state index in [1.54, 1.807) is 24.3 Å². The average molecular weight is 382 g/mol. The van der Waals surface area contributed by atoms with Crippen molar-refractivity contribution >= 4 is 11.8 Å². The third-order valence-electron chi connectivity index (χ3n) is 3.12. The van der Waals surface area contributed by atoms with Crippen molar-refractivity contribution < 1.29 is 27.1 Å². The molecule has 0 amide bonds. The Balaban J connectivity index is 1.49. The van der Waals surface area contributed by atoms with Crippen molar-refractivity contribution in [2.24, 2.45) is 0 Å². The molecule has 9 heteroatoms. The minimum Gasteiger partial charge on any atom is -0.493 e. The first kappa shape index (κ1) is 18.1. The molecule has 0 N–H and O–H groups in total. The number of thioether (sulfide) groups is 1. The third kappa shape index (κ3) is 5.16. The summed E-state index contributed by atoms with van der Waals surface area (Å²) in [5.41, 5.74) is 0.591. The van der Waals surface area contributed by atoms with Crippen LogP contribution in [0.4, 0.5) is 13.2 Å². The molecule has 136 valence electrons. The molecule has 0 saturated carbocycles. The number of hydrogen-bond acceptors (Lipinski definition) is 6. The fourth-order valence-corrected chi connectivity index (χ4v) is 2.56. The van der Waals surface area contributed by atoms with Crippen LogP contribution < -0.4 is 9.47 Å². The number of halogens is 3. The molecule has 0 aliphatic carbocycles. The molecule has 0 saturated heterocycles. The second-order valence-corrected chi connectivity index (χ2v) is 5.97. The Morgan fingerprint density at radius 3 is 2.35 bits per heavy atom. The fourth-order valence-electron chi connectivity index (χ4n) is 1.98. The highest BCUT2D eigenvalue weighted by Crippen LogP contribution is 2.25. The number of rotatable bonds is 8. The van der Waals surface area contributed by atoms with E-state index in [1.165, 1.54) is 36.0 Å². The second-order valence-electron chi connectivity index (χ2n) is 4.93. The van der Waals surface area contributed by atoms with Gasteiger partial charge >= 0.3 is 6.61 Å². The van der Waals surface area contributed by atoms with Gasteiger partial charge in [0, 0.05) is 11.3 Å². The van der Waals surface area contributed by atoms with Crippen molar-refractivity contribution in [2.75, 3.05) is 12.4 Å². The molecule has 0 bridgehead atoms. The van der Waals surface area contributed by atoms with Gasteiger partial charge in [0.05, 0.1) is 6.61 Å². The van der Waals surface area contributed by atoms with Gasteiger partial charge in [-0.1, -0.05) is 11.8 Å². The summed E-state index contributed by atoms with van der Waals surface area (Å²) in [5.74, 6) is 1.13. The fraction of sp³-hybridized carbons (Fsp3) is 0.176. The highest BCUT2D eigenvalue weighted by molar-refractivity contribution is 7.99. The maximum atomic E-state index is 12.8. The van der Waals surface area contributed by atoms with E-state index >= 15 is 0 Å². The first-order valence-corrected chi connectivity index (χ1v) is 8.48. The highest BCUT2D eigenvalue weighted by atomic mass is 32.2. The zero-order chi connectivity index (χ0) is 18.4. The zero-order valence-corrected chi connectivity index (χ0v) is 14.1. The van der Waals surface area contributed by atoms with Crippen LogP contribution in [0.1, 0.15) is 0 Å². The lowest BCUT2D eigenvalue weighted by Crippen LogP contribution is -2.01. The van der Waals surface area contributed by atoms with Gasteiger partial charge in [-0.2, -0.15) is 8.78 Å². The number of nitrogens with zero attached hydrogens (tertiary/aromatic N) is 2. The minimum atomic E-state index is -2.87. The smallest absolute Gasteiger partial charge is 0.387 e. The van der Waals surface area contributed by atoms with Crippen LogP contribution in [0.15, 0.2) is 58.2 Å². The largest absolute Gasteiger partial charge is 0.493 e. The lowest BCUT2D eigenvalue weighted by atomic mass is 10.2. The summed E-state index contributed by atoms with van der Waals surface area (Å²) < 4.78 is 52.3. The van der Waals surface area contributed by atoms with Crippen LogP contribution >= 0.6 is 11.8 Å². The Morgan fingerprint density at radius 2 is 1.65 bits per heavy atom. The quantitative estimate of drug-likeness (QED) is 0.418. The van der Waals surface area contributed by atoms with E-state index in [9.17, 15) is 13.2 Å². The average Bonchev–Trinajstić information content (AvgIpc) is 3.09. The van der Waals surface area contributed by atoms with Gasteiger partial charge in [0.1, 0.15) is 17.3 Å². The van der Waals surface area contributed by atoms with Crippen LogP contribution in [0.2, 0.25) is 0 Å². The monoisotopic (exact) mass is 382 g/mol. The van der Waals surface area contributed by atoms with Gasteiger partial charge in [0.15, 0.2) is 0 Å². The van der Waals surface area contributed by atoms with E-state index in [0.29, 0.717) is 28.9 Å². The molecule has 1 aromatic heterocycles. The van der Waals surface area contributed by atoms with Crippen LogP contribution in [0, 0.1) is 5.82 Å². The minimum absolute atomic E-state index is 0.0517. The summed E-state index contributed by atoms with van der Waals surface area (Å²) in [5, 5.41) is 8.18. The van der Waals surface area contributed by atoms with Crippen LogP contribution in [0.5, 0.6) is 11.5 Å². The second kappa shape index (κ2) is 8.61. The maximum absolute atomic E-state index is 12.8.